The van der Waals surface area contributed by atoms with Gasteiger partial charge >= 0.3 is 0 Å². The molecule has 0 fully saturated rings. The van der Waals surface area contributed by atoms with Crippen molar-refractivity contribution in [1.82, 2.24) is 4.72 Å². The molecule has 0 aliphatic rings. The fourth-order valence-electron chi connectivity index (χ4n) is 2.01. The van der Waals surface area contributed by atoms with Gasteiger partial charge in [0, 0.05) is 11.6 Å². The van der Waals surface area contributed by atoms with Crippen LogP contribution in [0.2, 0.25) is 5.02 Å². The Labute approximate surface area is 137 Å². The molecule has 0 radical (unpaired) electrons. The van der Waals surface area contributed by atoms with Gasteiger partial charge in [-0.1, -0.05) is 11.6 Å². The number of halogens is 4. The third kappa shape index (κ3) is 3.85. The predicted octanol–water partition coefficient (Wildman–Crippen LogP) is 3.85. The molecule has 0 aliphatic heterocycles. The Morgan fingerprint density at radius 3 is 2.13 bits per heavy atom. The van der Waals surface area contributed by atoms with E-state index in [1.54, 1.807) is 13.8 Å². The van der Waals surface area contributed by atoms with Crippen LogP contribution in [-0.2, 0) is 16.6 Å². The van der Waals surface area contributed by atoms with Crippen molar-refractivity contribution in [2.24, 2.45) is 0 Å². The maximum absolute atomic E-state index is 13.1. The van der Waals surface area contributed by atoms with Crippen molar-refractivity contribution in [3.8, 4) is 0 Å². The van der Waals surface area contributed by atoms with Crippen LogP contribution in [-0.4, -0.2) is 8.42 Å². The van der Waals surface area contributed by atoms with Gasteiger partial charge in [0.05, 0.1) is 4.90 Å². The lowest BCUT2D eigenvalue weighted by molar-refractivity contribution is 0.445. The van der Waals surface area contributed by atoms with E-state index in [2.05, 4.69) is 4.72 Å². The van der Waals surface area contributed by atoms with E-state index in [1.807, 2.05) is 0 Å². The molecule has 0 saturated carbocycles. The summed E-state index contributed by atoms with van der Waals surface area (Å²) < 4.78 is 66.0. The average molecular weight is 364 g/mol. The molecule has 0 saturated heterocycles. The summed E-state index contributed by atoms with van der Waals surface area (Å²) in [7, 11) is -3.91. The van der Waals surface area contributed by atoms with Gasteiger partial charge in [0.15, 0.2) is 17.5 Å². The molecule has 0 aliphatic carbocycles. The van der Waals surface area contributed by atoms with Crippen molar-refractivity contribution in [3.63, 3.8) is 0 Å². The van der Waals surface area contributed by atoms with E-state index in [-0.39, 0.29) is 17.0 Å². The monoisotopic (exact) mass is 363 g/mol. The van der Waals surface area contributed by atoms with Crippen molar-refractivity contribution in [1.29, 1.82) is 0 Å². The SMILES string of the molecule is Cc1cc(S(=O)(=O)NCc2cc(F)c(F)c(F)c2)c(C)cc1Cl. The second-order valence-corrected chi connectivity index (χ2v) is 7.21. The molecule has 0 amide bonds. The third-order valence-electron chi connectivity index (χ3n) is 3.26. The molecule has 0 heterocycles. The van der Waals surface area contributed by atoms with Gasteiger partial charge in [0.25, 0.3) is 0 Å². The fraction of sp³-hybridized carbons (Fsp3) is 0.200. The van der Waals surface area contributed by atoms with Crippen LogP contribution in [0, 0.1) is 31.3 Å². The summed E-state index contributed by atoms with van der Waals surface area (Å²) in [6.45, 7) is 2.86. The van der Waals surface area contributed by atoms with Crippen LogP contribution in [0.25, 0.3) is 0 Å². The maximum atomic E-state index is 13.1. The summed E-state index contributed by atoms with van der Waals surface area (Å²) in [6, 6.07) is 4.40. The van der Waals surface area contributed by atoms with Crippen molar-refractivity contribution in [3.05, 3.63) is 63.4 Å². The molecule has 0 atom stereocenters. The molecule has 2 aromatic rings. The van der Waals surface area contributed by atoms with Gasteiger partial charge in [0.2, 0.25) is 10.0 Å². The number of rotatable bonds is 4. The predicted molar refractivity (Wildman–Crippen MR) is 81.3 cm³/mol. The zero-order chi connectivity index (χ0) is 17.4. The number of sulfonamides is 1. The maximum Gasteiger partial charge on any atom is 0.241 e. The van der Waals surface area contributed by atoms with Gasteiger partial charge in [-0.25, -0.2) is 26.3 Å². The van der Waals surface area contributed by atoms with Crippen LogP contribution in [0.4, 0.5) is 13.2 Å². The number of hydrogen-bond donors (Lipinski definition) is 1. The highest BCUT2D eigenvalue weighted by molar-refractivity contribution is 7.89. The van der Waals surface area contributed by atoms with E-state index in [0.717, 1.165) is 12.1 Å². The van der Waals surface area contributed by atoms with Crippen LogP contribution in [0.15, 0.2) is 29.2 Å². The summed E-state index contributed by atoms with van der Waals surface area (Å²) in [5.41, 5.74) is 0.981. The van der Waals surface area contributed by atoms with E-state index in [0.29, 0.717) is 16.1 Å². The topological polar surface area (TPSA) is 46.2 Å². The highest BCUT2D eigenvalue weighted by Gasteiger charge is 2.19. The molecular weight excluding hydrogens is 351 g/mol. The van der Waals surface area contributed by atoms with Crippen molar-refractivity contribution in [2.75, 3.05) is 0 Å². The largest absolute Gasteiger partial charge is 0.241 e. The molecule has 23 heavy (non-hydrogen) atoms. The Kier molecular flexibility index (Phi) is 5.03. The minimum atomic E-state index is -3.91. The van der Waals surface area contributed by atoms with Crippen LogP contribution in [0.1, 0.15) is 16.7 Å². The number of benzene rings is 2. The Hall–Kier alpha value is -1.57. The molecule has 0 bridgehead atoms. The van der Waals surface area contributed by atoms with Gasteiger partial charge in [-0.05, 0) is 54.8 Å². The quantitative estimate of drug-likeness (QED) is 0.839. The summed E-state index contributed by atoms with van der Waals surface area (Å²) in [4.78, 5) is 0.0162. The smallest absolute Gasteiger partial charge is 0.207 e. The number of aryl methyl sites for hydroxylation is 2. The first-order valence-electron chi connectivity index (χ1n) is 6.51. The average Bonchev–Trinajstić information content (AvgIpc) is 2.46. The zero-order valence-corrected chi connectivity index (χ0v) is 13.8. The first-order chi connectivity index (χ1) is 10.6. The van der Waals surface area contributed by atoms with Gasteiger partial charge in [-0.15, -0.1) is 0 Å². The molecule has 1 N–H and O–H groups in total. The summed E-state index contributed by atoms with van der Waals surface area (Å²) in [5, 5.41) is 0.434. The third-order valence-corrected chi connectivity index (χ3v) is 5.21. The molecule has 0 unspecified atom stereocenters. The molecule has 0 spiro atoms. The van der Waals surface area contributed by atoms with E-state index in [1.165, 1.54) is 12.1 Å². The lowest BCUT2D eigenvalue weighted by atomic mass is 10.2. The van der Waals surface area contributed by atoms with E-state index in [9.17, 15) is 21.6 Å². The second-order valence-electron chi connectivity index (χ2n) is 5.06. The highest BCUT2D eigenvalue weighted by atomic mass is 35.5. The molecule has 0 aromatic heterocycles. The van der Waals surface area contributed by atoms with Gasteiger partial charge in [-0.3, -0.25) is 0 Å². The minimum absolute atomic E-state index is 0.0162. The normalized spacial score (nSPS) is 11.7. The van der Waals surface area contributed by atoms with Crippen LogP contribution < -0.4 is 4.72 Å². The van der Waals surface area contributed by atoms with Crippen molar-refractivity contribution in [2.45, 2.75) is 25.3 Å². The van der Waals surface area contributed by atoms with Crippen LogP contribution >= 0.6 is 11.6 Å². The lowest BCUT2D eigenvalue weighted by Gasteiger charge is -2.11. The van der Waals surface area contributed by atoms with E-state index in [4.69, 9.17) is 11.6 Å². The zero-order valence-electron chi connectivity index (χ0n) is 12.3. The van der Waals surface area contributed by atoms with Crippen LogP contribution in [0.3, 0.4) is 0 Å². The van der Waals surface area contributed by atoms with E-state index < -0.39 is 27.5 Å². The first kappa shape index (κ1) is 17.8. The highest BCUT2D eigenvalue weighted by Crippen LogP contribution is 2.24. The van der Waals surface area contributed by atoms with Crippen LogP contribution in [0.5, 0.6) is 0 Å². The van der Waals surface area contributed by atoms with E-state index >= 15 is 0 Å². The standard InChI is InChI=1S/C15H13ClF3NO2S/c1-8-4-14(9(2)3-11(8)16)23(21,22)20-7-10-5-12(17)15(19)13(18)6-10/h3-6,20H,7H2,1-2H3. The Morgan fingerprint density at radius 2 is 1.57 bits per heavy atom. The Balaban J connectivity index is 2.28. The molecule has 2 aromatic carbocycles. The molecular formula is C15H13ClF3NO2S. The molecule has 8 heteroatoms. The fourth-order valence-corrected chi connectivity index (χ4v) is 3.56. The Bertz CT molecular complexity index is 846. The number of nitrogens with one attached hydrogen (secondary N) is 1. The van der Waals surface area contributed by atoms with Gasteiger partial charge in [0.1, 0.15) is 0 Å². The van der Waals surface area contributed by atoms with Crippen molar-refractivity contribution >= 4 is 21.6 Å². The molecule has 124 valence electrons. The Morgan fingerprint density at radius 1 is 1.00 bits per heavy atom. The van der Waals surface area contributed by atoms with Gasteiger partial charge < -0.3 is 0 Å². The van der Waals surface area contributed by atoms with Gasteiger partial charge in [-0.2, -0.15) is 0 Å². The summed E-state index contributed by atoms with van der Waals surface area (Å²) in [5.74, 6) is -4.35. The first-order valence-corrected chi connectivity index (χ1v) is 8.38. The lowest BCUT2D eigenvalue weighted by Crippen LogP contribution is -2.24. The second kappa shape index (κ2) is 6.51. The molecule has 3 nitrogen and oxygen atoms in total. The summed E-state index contributed by atoms with van der Waals surface area (Å²) in [6.07, 6.45) is 0. The summed E-state index contributed by atoms with van der Waals surface area (Å²) >= 11 is 5.92. The number of hydrogen-bond acceptors (Lipinski definition) is 2. The molecule has 2 rings (SSSR count). The minimum Gasteiger partial charge on any atom is -0.207 e. The van der Waals surface area contributed by atoms with Crippen molar-refractivity contribution < 1.29 is 21.6 Å².